The van der Waals surface area contributed by atoms with E-state index >= 15 is 0 Å². The van der Waals surface area contributed by atoms with Crippen molar-refractivity contribution < 1.29 is 12.8 Å². The number of sulfone groups is 1. The fraction of sp³-hybridized carbons (Fsp3) is 0.714. The minimum Gasteiger partial charge on any atom is -0.466 e. The molecule has 4 nitrogen and oxygen atoms in total. The Balaban J connectivity index is 2.10. The van der Waals surface area contributed by atoms with Gasteiger partial charge in [0.05, 0.1) is 5.25 Å². The Labute approximate surface area is 115 Å². The zero-order chi connectivity index (χ0) is 14.2. The molecular weight excluding hydrogens is 262 g/mol. The van der Waals surface area contributed by atoms with Crippen LogP contribution in [-0.2, 0) is 9.84 Å². The highest BCUT2D eigenvalue weighted by atomic mass is 32.2. The van der Waals surface area contributed by atoms with E-state index in [1.165, 1.54) is 6.26 Å². The molecular formula is C14H23NO3S. The predicted octanol–water partition coefficient (Wildman–Crippen LogP) is 2.51. The van der Waals surface area contributed by atoms with Crippen molar-refractivity contribution in [2.75, 3.05) is 6.26 Å². The molecule has 1 saturated carbocycles. The average Bonchev–Trinajstić information content (AvgIpc) is 2.84. The molecule has 1 aliphatic carbocycles. The normalized spacial score (nSPS) is 25.7. The summed E-state index contributed by atoms with van der Waals surface area (Å²) in [5.74, 6) is 1.80. The number of aryl methyl sites for hydroxylation is 2. The van der Waals surface area contributed by atoms with Crippen LogP contribution in [0.4, 0.5) is 0 Å². The topological polar surface area (TPSA) is 59.3 Å². The summed E-state index contributed by atoms with van der Waals surface area (Å²) in [6.45, 7) is 5.94. The standard InChI is InChI=1S/C14H23NO3S/c1-9-8-12(11(3)18-9)10(2)15-13-6-5-7-14(13)19(4,16)17/h8,10,13-15H,5-7H2,1-4H3. The molecule has 108 valence electrons. The lowest BCUT2D eigenvalue weighted by molar-refractivity contribution is 0.445. The van der Waals surface area contributed by atoms with Crippen molar-refractivity contribution in [3.05, 3.63) is 23.2 Å². The van der Waals surface area contributed by atoms with E-state index in [9.17, 15) is 8.42 Å². The maximum atomic E-state index is 11.8. The Kier molecular flexibility index (Phi) is 4.06. The van der Waals surface area contributed by atoms with Crippen molar-refractivity contribution in [1.29, 1.82) is 0 Å². The lowest BCUT2D eigenvalue weighted by atomic mass is 10.1. The number of furan rings is 1. The van der Waals surface area contributed by atoms with Crippen molar-refractivity contribution >= 4 is 9.84 Å². The van der Waals surface area contributed by atoms with E-state index in [1.807, 2.05) is 19.9 Å². The van der Waals surface area contributed by atoms with Gasteiger partial charge in [-0.1, -0.05) is 6.42 Å². The monoisotopic (exact) mass is 285 g/mol. The molecule has 0 aromatic carbocycles. The molecule has 0 saturated heterocycles. The van der Waals surface area contributed by atoms with E-state index in [-0.39, 0.29) is 17.3 Å². The Morgan fingerprint density at radius 1 is 1.37 bits per heavy atom. The van der Waals surface area contributed by atoms with Crippen LogP contribution in [0, 0.1) is 13.8 Å². The van der Waals surface area contributed by atoms with Gasteiger partial charge in [-0.25, -0.2) is 8.42 Å². The number of hydrogen-bond acceptors (Lipinski definition) is 4. The van der Waals surface area contributed by atoms with Gasteiger partial charge in [-0.05, 0) is 39.7 Å². The zero-order valence-electron chi connectivity index (χ0n) is 12.1. The summed E-state index contributed by atoms with van der Waals surface area (Å²) in [5.41, 5.74) is 1.12. The Morgan fingerprint density at radius 3 is 2.58 bits per heavy atom. The van der Waals surface area contributed by atoms with Gasteiger partial charge in [-0.2, -0.15) is 0 Å². The van der Waals surface area contributed by atoms with Crippen LogP contribution in [0.5, 0.6) is 0 Å². The van der Waals surface area contributed by atoms with Crippen LogP contribution in [0.15, 0.2) is 10.5 Å². The van der Waals surface area contributed by atoms with Crippen molar-refractivity contribution in [3.63, 3.8) is 0 Å². The van der Waals surface area contributed by atoms with Gasteiger partial charge >= 0.3 is 0 Å². The Bertz CT molecular complexity index is 547. The van der Waals surface area contributed by atoms with Gasteiger partial charge in [0.15, 0.2) is 9.84 Å². The first kappa shape index (κ1) is 14.6. The molecule has 5 heteroatoms. The van der Waals surface area contributed by atoms with Crippen LogP contribution >= 0.6 is 0 Å². The molecule has 0 aliphatic heterocycles. The summed E-state index contributed by atoms with van der Waals surface area (Å²) in [6, 6.07) is 2.20. The van der Waals surface area contributed by atoms with E-state index < -0.39 is 9.84 Å². The fourth-order valence-corrected chi connectivity index (χ4v) is 4.53. The summed E-state index contributed by atoms with van der Waals surface area (Å²) >= 11 is 0. The van der Waals surface area contributed by atoms with Gasteiger partial charge in [0.1, 0.15) is 11.5 Å². The van der Waals surface area contributed by atoms with Crippen LogP contribution in [0.25, 0.3) is 0 Å². The van der Waals surface area contributed by atoms with Gasteiger partial charge < -0.3 is 9.73 Å². The van der Waals surface area contributed by atoms with E-state index in [1.54, 1.807) is 0 Å². The highest BCUT2D eigenvalue weighted by molar-refractivity contribution is 7.91. The largest absolute Gasteiger partial charge is 0.466 e. The molecule has 1 aromatic heterocycles. The lowest BCUT2D eigenvalue weighted by Crippen LogP contribution is -2.41. The smallest absolute Gasteiger partial charge is 0.151 e. The van der Waals surface area contributed by atoms with Crippen LogP contribution < -0.4 is 5.32 Å². The third kappa shape index (κ3) is 3.20. The Morgan fingerprint density at radius 2 is 2.05 bits per heavy atom. The van der Waals surface area contributed by atoms with Crippen molar-refractivity contribution in [1.82, 2.24) is 5.32 Å². The molecule has 0 bridgehead atoms. The van der Waals surface area contributed by atoms with E-state index in [4.69, 9.17) is 4.42 Å². The lowest BCUT2D eigenvalue weighted by Gasteiger charge is -2.23. The van der Waals surface area contributed by atoms with E-state index in [0.29, 0.717) is 0 Å². The molecule has 1 heterocycles. The summed E-state index contributed by atoms with van der Waals surface area (Å²) in [4.78, 5) is 0. The molecule has 3 atom stereocenters. The summed E-state index contributed by atoms with van der Waals surface area (Å²) in [5, 5.41) is 3.22. The molecule has 0 amide bonds. The molecule has 1 fully saturated rings. The molecule has 2 rings (SSSR count). The summed E-state index contributed by atoms with van der Waals surface area (Å²) < 4.78 is 29.1. The first-order valence-electron chi connectivity index (χ1n) is 6.81. The quantitative estimate of drug-likeness (QED) is 0.923. The second-order valence-electron chi connectivity index (χ2n) is 5.66. The predicted molar refractivity (Wildman–Crippen MR) is 76.0 cm³/mol. The highest BCUT2D eigenvalue weighted by Gasteiger charge is 2.35. The van der Waals surface area contributed by atoms with Crippen molar-refractivity contribution in [2.24, 2.45) is 0 Å². The number of hydrogen-bond donors (Lipinski definition) is 1. The molecule has 1 aromatic rings. The van der Waals surface area contributed by atoms with Gasteiger partial charge in [0, 0.05) is 23.9 Å². The third-order valence-electron chi connectivity index (χ3n) is 4.01. The SMILES string of the molecule is Cc1cc(C(C)NC2CCCC2S(C)(=O)=O)c(C)o1. The molecule has 19 heavy (non-hydrogen) atoms. The van der Waals surface area contributed by atoms with Gasteiger partial charge in [0.2, 0.25) is 0 Å². The molecule has 1 aliphatic rings. The molecule has 3 unspecified atom stereocenters. The Hall–Kier alpha value is -0.810. The van der Waals surface area contributed by atoms with Crippen LogP contribution in [-0.4, -0.2) is 26.0 Å². The average molecular weight is 285 g/mol. The second kappa shape index (κ2) is 5.29. The molecule has 0 spiro atoms. The van der Waals surface area contributed by atoms with Crippen LogP contribution in [0.3, 0.4) is 0 Å². The first-order valence-corrected chi connectivity index (χ1v) is 8.76. The van der Waals surface area contributed by atoms with Crippen LogP contribution in [0.2, 0.25) is 0 Å². The number of nitrogens with one attached hydrogen (secondary N) is 1. The van der Waals surface area contributed by atoms with Crippen LogP contribution in [0.1, 0.15) is 49.3 Å². The van der Waals surface area contributed by atoms with Crippen molar-refractivity contribution in [3.8, 4) is 0 Å². The summed E-state index contributed by atoms with van der Waals surface area (Å²) in [7, 11) is -2.97. The third-order valence-corrected chi connectivity index (χ3v) is 5.68. The maximum Gasteiger partial charge on any atom is 0.151 e. The van der Waals surface area contributed by atoms with Gasteiger partial charge in [-0.3, -0.25) is 0 Å². The van der Waals surface area contributed by atoms with Crippen molar-refractivity contribution in [2.45, 2.75) is 57.4 Å². The molecule has 0 radical (unpaired) electrons. The first-order chi connectivity index (χ1) is 8.79. The minimum absolute atomic E-state index is 0.0552. The van der Waals surface area contributed by atoms with E-state index in [2.05, 4.69) is 12.2 Å². The summed E-state index contributed by atoms with van der Waals surface area (Å²) in [6.07, 6.45) is 4.02. The highest BCUT2D eigenvalue weighted by Crippen LogP contribution is 2.29. The maximum absolute atomic E-state index is 11.8. The van der Waals surface area contributed by atoms with Gasteiger partial charge in [0.25, 0.3) is 0 Å². The molecule has 1 N–H and O–H groups in total. The van der Waals surface area contributed by atoms with E-state index in [0.717, 1.165) is 36.3 Å². The number of rotatable bonds is 4. The van der Waals surface area contributed by atoms with Gasteiger partial charge in [-0.15, -0.1) is 0 Å². The minimum atomic E-state index is -2.97. The second-order valence-corrected chi connectivity index (χ2v) is 7.93. The zero-order valence-corrected chi connectivity index (χ0v) is 12.9. The fourth-order valence-electron chi connectivity index (χ4n) is 3.12.